The van der Waals surface area contributed by atoms with E-state index in [1.807, 2.05) is 42.5 Å². The van der Waals surface area contributed by atoms with Crippen LogP contribution >= 0.6 is 0 Å². The molecule has 0 fully saturated rings. The Morgan fingerprint density at radius 3 is 1.74 bits per heavy atom. The largest absolute Gasteiger partial charge is 0.456 e. The summed E-state index contributed by atoms with van der Waals surface area (Å²) in [7, 11) is 0. The van der Waals surface area contributed by atoms with E-state index in [1.54, 1.807) is 0 Å². The van der Waals surface area contributed by atoms with Gasteiger partial charge in [-0.2, -0.15) is 0 Å². The molecule has 0 saturated carbocycles. The Bertz CT molecular complexity index is 2840. The zero-order valence-electron chi connectivity index (χ0n) is 29.6. The summed E-state index contributed by atoms with van der Waals surface area (Å²) in [5, 5.41) is 4.34. The summed E-state index contributed by atoms with van der Waals surface area (Å²) in [6.45, 7) is 4.45. The van der Waals surface area contributed by atoms with Gasteiger partial charge in [-0.1, -0.05) is 170 Å². The lowest BCUT2D eigenvalue weighted by Crippen LogP contribution is -2.06. The Kier molecular flexibility index (Phi) is 8.76. The van der Waals surface area contributed by atoms with E-state index in [0.717, 1.165) is 60.9 Å². The van der Waals surface area contributed by atoms with Crippen LogP contribution in [0.5, 0.6) is 0 Å². The summed E-state index contributed by atoms with van der Waals surface area (Å²) < 4.78 is 6.56. The van der Waals surface area contributed by atoms with Crippen molar-refractivity contribution in [1.29, 1.82) is 0 Å². The number of rotatable bonds is 7. The molecule has 54 heavy (non-hydrogen) atoms. The normalized spacial score (nSPS) is 12.1. The minimum atomic E-state index is 0.479. The van der Waals surface area contributed by atoms with Crippen LogP contribution in [0.2, 0.25) is 0 Å². The number of amidine groups is 2. The van der Waals surface area contributed by atoms with E-state index in [-0.39, 0.29) is 0 Å². The van der Waals surface area contributed by atoms with E-state index in [4.69, 9.17) is 14.4 Å². The summed E-state index contributed by atoms with van der Waals surface area (Å²) in [6.07, 6.45) is 0. The lowest BCUT2D eigenvalue weighted by molar-refractivity contribution is 0.669. The topological polar surface area (TPSA) is 50.2 Å². The average molecular weight is 694 g/mol. The SMILES string of the molecule is C=NC(=NC(=NCc1ccccc1)c1ccc(-c2ccccc2)cc1)c1cccc2oc3cc(-c4ccc(-c5ccccc5)c5ccccc45)ccc3c12. The van der Waals surface area contributed by atoms with Gasteiger partial charge in [0.15, 0.2) is 11.7 Å². The maximum atomic E-state index is 6.56. The van der Waals surface area contributed by atoms with E-state index in [1.165, 1.54) is 21.9 Å². The van der Waals surface area contributed by atoms with Crippen LogP contribution in [-0.2, 0) is 6.54 Å². The molecule has 9 rings (SSSR count). The second-order valence-electron chi connectivity index (χ2n) is 13.2. The van der Waals surface area contributed by atoms with Crippen molar-refractivity contribution in [2.45, 2.75) is 6.54 Å². The van der Waals surface area contributed by atoms with Gasteiger partial charge in [0.2, 0.25) is 0 Å². The first-order valence-electron chi connectivity index (χ1n) is 18.1. The maximum absolute atomic E-state index is 6.56. The number of aliphatic imine (C=N–C) groups is 3. The Morgan fingerprint density at radius 1 is 0.463 bits per heavy atom. The summed E-state index contributed by atoms with van der Waals surface area (Å²) >= 11 is 0. The standard InChI is InChI=1S/C50H35N3O/c1-51-50(53-49(52-33-34-14-5-2-6-15-34)38-26-24-36(25-27-38)35-16-7-3-8-17-35)45-22-13-23-46-48(45)44-29-28-39(32-47(44)54-46)41-31-30-40(37-18-9-4-10-19-37)42-20-11-12-21-43(41)42/h2-32H,1,33H2. The first-order chi connectivity index (χ1) is 26.7. The molecule has 0 N–H and O–H groups in total. The monoisotopic (exact) mass is 693 g/mol. The molecule has 9 aromatic rings. The number of hydrogen-bond acceptors (Lipinski definition) is 2. The third kappa shape index (κ3) is 6.31. The second-order valence-corrected chi connectivity index (χ2v) is 13.2. The van der Waals surface area contributed by atoms with Gasteiger partial charge in [-0.15, -0.1) is 0 Å². The van der Waals surface area contributed by atoms with Crippen molar-refractivity contribution in [3.63, 3.8) is 0 Å². The van der Waals surface area contributed by atoms with E-state index >= 15 is 0 Å². The zero-order valence-corrected chi connectivity index (χ0v) is 29.6. The van der Waals surface area contributed by atoms with Gasteiger partial charge in [-0.05, 0) is 74.6 Å². The first kappa shape index (κ1) is 32.7. The summed E-state index contributed by atoms with van der Waals surface area (Å²) in [5.41, 5.74) is 11.3. The van der Waals surface area contributed by atoms with Crippen LogP contribution < -0.4 is 0 Å². The highest BCUT2D eigenvalue weighted by Gasteiger charge is 2.18. The molecule has 0 bridgehead atoms. The molecular weight excluding hydrogens is 659 g/mol. The summed E-state index contributed by atoms with van der Waals surface area (Å²) in [5.74, 6) is 1.06. The minimum absolute atomic E-state index is 0.479. The van der Waals surface area contributed by atoms with Gasteiger partial charge >= 0.3 is 0 Å². The highest BCUT2D eigenvalue weighted by atomic mass is 16.3. The summed E-state index contributed by atoms with van der Waals surface area (Å²) in [6, 6.07) is 65.0. The maximum Gasteiger partial charge on any atom is 0.161 e. The van der Waals surface area contributed by atoms with Crippen molar-refractivity contribution < 1.29 is 4.42 Å². The van der Waals surface area contributed by atoms with E-state index in [9.17, 15) is 0 Å². The highest BCUT2D eigenvalue weighted by molar-refractivity contribution is 6.22. The van der Waals surface area contributed by atoms with Gasteiger partial charge in [0.25, 0.3) is 0 Å². The van der Waals surface area contributed by atoms with Crippen molar-refractivity contribution in [3.05, 3.63) is 205 Å². The molecule has 0 amide bonds. The first-order valence-corrected chi connectivity index (χ1v) is 18.1. The smallest absolute Gasteiger partial charge is 0.161 e. The van der Waals surface area contributed by atoms with Gasteiger partial charge in [0, 0.05) is 21.9 Å². The van der Waals surface area contributed by atoms with Gasteiger partial charge in [-0.3, -0.25) is 4.99 Å². The van der Waals surface area contributed by atoms with Crippen LogP contribution in [0.3, 0.4) is 0 Å². The molecule has 1 heterocycles. The molecule has 4 heteroatoms. The zero-order chi connectivity index (χ0) is 36.3. The predicted molar refractivity (Wildman–Crippen MR) is 227 cm³/mol. The Hall–Kier alpha value is -7.17. The molecule has 0 aliphatic rings. The van der Waals surface area contributed by atoms with Gasteiger partial charge in [-0.25, -0.2) is 9.98 Å². The quantitative estimate of drug-likeness (QED) is 0.121. The molecule has 0 aliphatic heterocycles. The molecule has 8 aromatic carbocycles. The predicted octanol–water partition coefficient (Wildman–Crippen LogP) is 12.8. The van der Waals surface area contributed by atoms with Crippen LogP contribution in [0.1, 0.15) is 16.7 Å². The lowest BCUT2D eigenvalue weighted by atomic mass is 9.92. The number of benzene rings is 8. The van der Waals surface area contributed by atoms with Crippen LogP contribution in [0.4, 0.5) is 0 Å². The van der Waals surface area contributed by atoms with Gasteiger partial charge in [0.1, 0.15) is 11.2 Å². The van der Waals surface area contributed by atoms with Crippen molar-refractivity contribution in [2.75, 3.05) is 0 Å². The fourth-order valence-electron chi connectivity index (χ4n) is 7.26. The number of furan rings is 1. The molecule has 0 radical (unpaired) electrons. The van der Waals surface area contributed by atoms with E-state index in [2.05, 4.69) is 157 Å². The average Bonchev–Trinajstić information content (AvgIpc) is 3.63. The minimum Gasteiger partial charge on any atom is -0.456 e. The Balaban J connectivity index is 1.13. The van der Waals surface area contributed by atoms with E-state index in [0.29, 0.717) is 18.2 Å². The lowest BCUT2D eigenvalue weighted by Gasteiger charge is -2.12. The molecule has 0 unspecified atom stereocenters. The van der Waals surface area contributed by atoms with Crippen molar-refractivity contribution in [2.24, 2.45) is 15.0 Å². The number of hydrogen-bond donors (Lipinski definition) is 0. The van der Waals surface area contributed by atoms with Gasteiger partial charge in [0.05, 0.1) is 6.54 Å². The second kappa shape index (κ2) is 14.5. The number of fused-ring (bicyclic) bond motifs is 4. The van der Waals surface area contributed by atoms with Crippen LogP contribution in [0.25, 0.3) is 66.1 Å². The fraction of sp³-hybridized carbons (Fsp3) is 0.0200. The van der Waals surface area contributed by atoms with E-state index < -0.39 is 0 Å². The van der Waals surface area contributed by atoms with Crippen molar-refractivity contribution >= 4 is 51.1 Å². The van der Waals surface area contributed by atoms with Crippen molar-refractivity contribution in [1.82, 2.24) is 0 Å². The molecule has 0 aliphatic carbocycles. The number of nitrogens with zero attached hydrogens (tertiary/aromatic N) is 3. The molecule has 256 valence electrons. The molecule has 1 aromatic heterocycles. The van der Waals surface area contributed by atoms with Crippen LogP contribution in [0, 0.1) is 0 Å². The molecule has 0 atom stereocenters. The third-order valence-corrected chi connectivity index (χ3v) is 9.92. The van der Waals surface area contributed by atoms with Crippen molar-refractivity contribution in [3.8, 4) is 33.4 Å². The third-order valence-electron chi connectivity index (χ3n) is 9.92. The molecule has 4 nitrogen and oxygen atoms in total. The fourth-order valence-corrected chi connectivity index (χ4v) is 7.26. The molecular formula is C50H35N3O. The Morgan fingerprint density at radius 2 is 1.06 bits per heavy atom. The van der Waals surface area contributed by atoms with Crippen LogP contribution in [-0.4, -0.2) is 18.4 Å². The van der Waals surface area contributed by atoms with Crippen LogP contribution in [0.15, 0.2) is 207 Å². The summed E-state index contributed by atoms with van der Waals surface area (Å²) in [4.78, 5) is 14.6. The highest BCUT2D eigenvalue weighted by Crippen LogP contribution is 2.39. The van der Waals surface area contributed by atoms with Gasteiger partial charge < -0.3 is 4.42 Å². The Labute approximate surface area is 314 Å². The molecule has 0 spiro atoms. The molecule has 0 saturated heterocycles.